The zero-order valence-corrected chi connectivity index (χ0v) is 17.9. The molecule has 3 aromatic rings. The number of benzene rings is 2. The molecule has 1 amide bonds. The predicted molar refractivity (Wildman–Crippen MR) is 113 cm³/mol. The molecular formula is C20H20ClN3O5S. The van der Waals surface area contributed by atoms with Gasteiger partial charge in [0.15, 0.2) is 22.3 Å². The van der Waals surface area contributed by atoms with Crippen LogP contribution in [0.5, 0.6) is 11.5 Å². The van der Waals surface area contributed by atoms with E-state index in [1.807, 2.05) is 6.92 Å². The van der Waals surface area contributed by atoms with Crippen molar-refractivity contribution in [2.24, 2.45) is 0 Å². The Kier molecular flexibility index (Phi) is 6.33. The fourth-order valence-electron chi connectivity index (χ4n) is 2.63. The second-order valence-corrected chi connectivity index (χ2v) is 9.17. The smallest absolute Gasteiger partial charge is 0.276 e. The summed E-state index contributed by atoms with van der Waals surface area (Å²) in [6.07, 6.45) is 1.57. The minimum Gasteiger partial charge on any atom is -0.506 e. The number of aromatic hydroxyl groups is 1. The lowest BCUT2D eigenvalue weighted by Crippen LogP contribution is -2.15. The van der Waals surface area contributed by atoms with Crippen LogP contribution in [0.25, 0.3) is 0 Å². The van der Waals surface area contributed by atoms with E-state index in [9.17, 15) is 18.3 Å². The molecule has 0 saturated carbocycles. The average Bonchev–Trinajstić information content (AvgIpc) is 3.18. The number of nitrogens with one attached hydrogen (secondary N) is 1. The fraction of sp³-hybridized carbons (Fsp3) is 0.200. The maximum Gasteiger partial charge on any atom is 0.276 e. The molecule has 1 heterocycles. The molecule has 8 nitrogen and oxygen atoms in total. The first-order valence-corrected chi connectivity index (χ1v) is 11.0. The maximum atomic E-state index is 12.5. The molecule has 0 unspecified atom stereocenters. The molecule has 1 aromatic heterocycles. The largest absolute Gasteiger partial charge is 0.506 e. The molecular weight excluding hydrogens is 430 g/mol. The van der Waals surface area contributed by atoms with E-state index in [0.29, 0.717) is 10.8 Å². The summed E-state index contributed by atoms with van der Waals surface area (Å²) in [4.78, 5) is 12.5. The second-order valence-electron chi connectivity index (χ2n) is 6.46. The molecule has 158 valence electrons. The highest BCUT2D eigenvalue weighted by molar-refractivity contribution is 7.91. The van der Waals surface area contributed by atoms with Crippen molar-refractivity contribution < 1.29 is 23.1 Å². The van der Waals surface area contributed by atoms with Gasteiger partial charge < -0.3 is 15.2 Å². The molecule has 0 aliphatic heterocycles. The van der Waals surface area contributed by atoms with E-state index in [1.54, 1.807) is 24.4 Å². The molecule has 0 aliphatic carbocycles. The number of aryl methyl sites for hydroxylation is 1. The number of carbonyl (C=O) groups is 1. The van der Waals surface area contributed by atoms with Crippen molar-refractivity contribution in [1.82, 2.24) is 9.78 Å². The third-order valence-electron chi connectivity index (χ3n) is 4.32. The monoisotopic (exact) mass is 449 g/mol. The van der Waals surface area contributed by atoms with Crippen molar-refractivity contribution in [2.75, 3.05) is 11.1 Å². The zero-order chi connectivity index (χ0) is 21.9. The lowest BCUT2D eigenvalue weighted by atomic mass is 10.2. The van der Waals surface area contributed by atoms with Crippen molar-refractivity contribution in [1.29, 1.82) is 0 Å². The fourth-order valence-corrected chi connectivity index (χ4v) is 3.76. The number of halogens is 1. The van der Waals surface area contributed by atoms with Gasteiger partial charge in [0.25, 0.3) is 5.91 Å². The van der Waals surface area contributed by atoms with Gasteiger partial charge in [-0.2, -0.15) is 5.10 Å². The van der Waals surface area contributed by atoms with Crippen molar-refractivity contribution >= 4 is 33.0 Å². The van der Waals surface area contributed by atoms with Crippen LogP contribution in [-0.4, -0.2) is 35.0 Å². The Morgan fingerprint density at radius 2 is 2.00 bits per heavy atom. The van der Waals surface area contributed by atoms with Gasteiger partial charge in [0.05, 0.1) is 16.3 Å². The lowest BCUT2D eigenvalue weighted by Gasteiger charge is -2.10. The summed E-state index contributed by atoms with van der Waals surface area (Å²) in [5, 5.41) is 17.2. The number of phenolic OH excluding ortho intramolecular Hbond substituents is 1. The average molecular weight is 450 g/mol. The van der Waals surface area contributed by atoms with Crippen LogP contribution in [0.1, 0.15) is 23.0 Å². The van der Waals surface area contributed by atoms with Crippen molar-refractivity contribution in [2.45, 2.75) is 25.5 Å². The van der Waals surface area contributed by atoms with Gasteiger partial charge in [-0.1, -0.05) is 18.5 Å². The van der Waals surface area contributed by atoms with E-state index in [0.717, 1.165) is 5.56 Å². The Hall–Kier alpha value is -3.04. The first-order chi connectivity index (χ1) is 14.2. The molecule has 10 heteroatoms. The summed E-state index contributed by atoms with van der Waals surface area (Å²) in [7, 11) is -3.48. The van der Waals surface area contributed by atoms with Crippen LogP contribution in [0.15, 0.2) is 53.6 Å². The molecule has 0 fully saturated rings. The van der Waals surface area contributed by atoms with Gasteiger partial charge >= 0.3 is 0 Å². The summed E-state index contributed by atoms with van der Waals surface area (Å²) in [5.74, 6) is -0.306. The summed E-state index contributed by atoms with van der Waals surface area (Å²) in [6.45, 7) is 3.45. The van der Waals surface area contributed by atoms with Crippen LogP contribution in [0.2, 0.25) is 5.02 Å². The van der Waals surface area contributed by atoms with E-state index in [4.69, 9.17) is 16.3 Å². The van der Waals surface area contributed by atoms with Crippen LogP contribution >= 0.6 is 11.6 Å². The van der Waals surface area contributed by atoms with Gasteiger partial charge in [-0.3, -0.25) is 4.79 Å². The highest BCUT2D eigenvalue weighted by atomic mass is 35.5. The third-order valence-corrected chi connectivity index (χ3v) is 6.29. The van der Waals surface area contributed by atoms with Crippen molar-refractivity contribution in [3.63, 3.8) is 0 Å². The minimum absolute atomic E-state index is 0.00960. The molecule has 0 radical (unpaired) electrons. The number of phenols is 1. The minimum atomic E-state index is -3.48. The molecule has 0 saturated heterocycles. The Balaban J connectivity index is 1.70. The topological polar surface area (TPSA) is 111 Å². The number of aromatic nitrogens is 2. The Bertz CT molecular complexity index is 1190. The number of hydrogen-bond acceptors (Lipinski definition) is 6. The quantitative estimate of drug-likeness (QED) is 0.533. The van der Waals surface area contributed by atoms with E-state index in [-0.39, 0.29) is 34.5 Å². The summed E-state index contributed by atoms with van der Waals surface area (Å²) in [6, 6.07) is 10.4. The van der Waals surface area contributed by atoms with Crippen LogP contribution < -0.4 is 10.1 Å². The van der Waals surface area contributed by atoms with E-state index < -0.39 is 15.7 Å². The molecule has 2 aromatic carbocycles. The first-order valence-electron chi connectivity index (χ1n) is 8.99. The molecule has 3 rings (SSSR count). The zero-order valence-electron chi connectivity index (χ0n) is 16.3. The normalized spacial score (nSPS) is 11.3. The van der Waals surface area contributed by atoms with Crippen LogP contribution in [0.4, 0.5) is 5.69 Å². The number of carbonyl (C=O) groups excluding carboxylic acids is 1. The number of amides is 1. The molecule has 0 atom stereocenters. The van der Waals surface area contributed by atoms with Crippen LogP contribution in [0, 0.1) is 6.92 Å². The van der Waals surface area contributed by atoms with Crippen LogP contribution in [-0.2, 0) is 16.6 Å². The van der Waals surface area contributed by atoms with Crippen molar-refractivity contribution in [3.8, 4) is 11.5 Å². The van der Waals surface area contributed by atoms with E-state index in [1.165, 1.54) is 35.9 Å². The molecule has 0 bridgehead atoms. The molecule has 0 spiro atoms. The number of hydrogen-bond donors (Lipinski definition) is 2. The standard InChI is InChI=1S/C20H20ClN3O5S/c1-3-30(27,28)15-5-6-18(25)17(11-15)22-20(26)16-8-9-24(23-16)12-29-19-7-4-14(21)10-13(19)2/h4-11,25H,3,12H2,1-2H3,(H,22,26). The highest BCUT2D eigenvalue weighted by Crippen LogP contribution is 2.27. The van der Waals surface area contributed by atoms with Crippen molar-refractivity contribution in [3.05, 3.63) is 64.9 Å². The third kappa shape index (κ3) is 4.92. The van der Waals surface area contributed by atoms with Gasteiger partial charge in [0.1, 0.15) is 11.5 Å². The number of nitrogens with zero attached hydrogens (tertiary/aromatic N) is 2. The van der Waals surface area contributed by atoms with E-state index in [2.05, 4.69) is 10.4 Å². The van der Waals surface area contributed by atoms with E-state index >= 15 is 0 Å². The Morgan fingerprint density at radius 3 is 2.70 bits per heavy atom. The summed E-state index contributed by atoms with van der Waals surface area (Å²) >= 11 is 5.92. The van der Waals surface area contributed by atoms with Gasteiger partial charge in [-0.15, -0.1) is 0 Å². The van der Waals surface area contributed by atoms with Crippen LogP contribution in [0.3, 0.4) is 0 Å². The van der Waals surface area contributed by atoms with Gasteiger partial charge in [-0.25, -0.2) is 13.1 Å². The summed E-state index contributed by atoms with van der Waals surface area (Å²) in [5.41, 5.74) is 0.928. The SMILES string of the molecule is CCS(=O)(=O)c1ccc(O)c(NC(=O)c2ccn(COc3ccc(Cl)cc3C)n2)c1. The Morgan fingerprint density at radius 1 is 1.23 bits per heavy atom. The number of rotatable bonds is 7. The molecule has 2 N–H and O–H groups in total. The number of ether oxygens (including phenoxy) is 1. The molecule has 30 heavy (non-hydrogen) atoms. The lowest BCUT2D eigenvalue weighted by molar-refractivity contribution is 0.101. The molecule has 0 aliphatic rings. The Labute approximate surface area is 179 Å². The van der Waals surface area contributed by atoms with Gasteiger partial charge in [0.2, 0.25) is 0 Å². The van der Waals surface area contributed by atoms with Gasteiger partial charge in [0, 0.05) is 11.2 Å². The predicted octanol–water partition coefficient (Wildman–Crippen LogP) is 3.63. The second kappa shape index (κ2) is 8.76. The van der Waals surface area contributed by atoms with Gasteiger partial charge in [-0.05, 0) is 55.0 Å². The maximum absolute atomic E-state index is 12.5. The summed E-state index contributed by atoms with van der Waals surface area (Å²) < 4.78 is 31.2. The first kappa shape index (κ1) is 21.7. The number of sulfone groups is 1. The highest BCUT2D eigenvalue weighted by Gasteiger charge is 2.17. The number of anilines is 1.